The van der Waals surface area contributed by atoms with Crippen molar-refractivity contribution in [2.45, 2.75) is 6.92 Å². The molecular formula is C14H13N3O2. The Morgan fingerprint density at radius 1 is 1.42 bits per heavy atom. The van der Waals surface area contributed by atoms with E-state index >= 15 is 0 Å². The molecule has 0 bridgehead atoms. The Bertz CT molecular complexity index is 633. The third-order valence-corrected chi connectivity index (χ3v) is 2.32. The molecule has 1 amide bonds. The number of oxazole rings is 1. The first-order valence-electron chi connectivity index (χ1n) is 5.71. The minimum Gasteiger partial charge on any atom is -0.432 e. The average Bonchev–Trinajstić information content (AvgIpc) is 2.82. The van der Waals surface area contributed by atoms with Crippen LogP contribution in [0.15, 0.2) is 34.9 Å². The quantitative estimate of drug-likeness (QED) is 0.798. The van der Waals surface area contributed by atoms with Crippen molar-refractivity contribution < 1.29 is 9.21 Å². The Hall–Kier alpha value is -2.58. The van der Waals surface area contributed by atoms with Crippen LogP contribution >= 0.6 is 0 Å². The molecule has 0 aliphatic heterocycles. The Balaban J connectivity index is 2.07. The van der Waals surface area contributed by atoms with E-state index in [2.05, 4.69) is 22.1 Å². The minimum absolute atomic E-state index is 0.189. The second kappa shape index (κ2) is 5.85. The Labute approximate surface area is 110 Å². The second-order valence-electron chi connectivity index (χ2n) is 3.83. The third kappa shape index (κ3) is 3.44. The molecule has 5 nitrogen and oxygen atoms in total. The van der Waals surface area contributed by atoms with E-state index in [9.17, 15) is 4.79 Å². The number of nitrogens with zero attached hydrogens (tertiary/aromatic N) is 1. The van der Waals surface area contributed by atoms with E-state index in [1.165, 1.54) is 6.26 Å². The fourth-order valence-electron chi connectivity index (χ4n) is 1.44. The van der Waals surface area contributed by atoms with Crippen molar-refractivity contribution in [1.29, 1.82) is 0 Å². The SMILES string of the molecule is Cc1coc(NC(=O)c2ccc(C#CCN)cc2)n1. The zero-order valence-corrected chi connectivity index (χ0v) is 10.4. The van der Waals surface area contributed by atoms with Crippen LogP contribution in [0.2, 0.25) is 0 Å². The Morgan fingerprint density at radius 3 is 2.74 bits per heavy atom. The predicted molar refractivity (Wildman–Crippen MR) is 71.6 cm³/mol. The summed E-state index contributed by atoms with van der Waals surface area (Å²) in [6.07, 6.45) is 1.47. The van der Waals surface area contributed by atoms with Crippen LogP contribution in [-0.4, -0.2) is 17.4 Å². The molecule has 5 heteroatoms. The van der Waals surface area contributed by atoms with Gasteiger partial charge in [-0.1, -0.05) is 11.8 Å². The van der Waals surface area contributed by atoms with E-state index in [1.807, 2.05) is 0 Å². The molecule has 2 rings (SSSR count). The van der Waals surface area contributed by atoms with Gasteiger partial charge in [-0.3, -0.25) is 10.1 Å². The van der Waals surface area contributed by atoms with Crippen molar-refractivity contribution >= 4 is 11.9 Å². The summed E-state index contributed by atoms with van der Waals surface area (Å²) in [5.74, 6) is 5.36. The zero-order valence-electron chi connectivity index (χ0n) is 10.4. The van der Waals surface area contributed by atoms with Gasteiger partial charge >= 0.3 is 6.01 Å². The lowest BCUT2D eigenvalue weighted by Gasteiger charge is -2.00. The number of rotatable bonds is 2. The van der Waals surface area contributed by atoms with Gasteiger partial charge in [0.2, 0.25) is 0 Å². The van der Waals surface area contributed by atoms with Gasteiger partial charge in [0.15, 0.2) is 0 Å². The molecule has 2 aromatic rings. The molecule has 0 fully saturated rings. The molecule has 0 unspecified atom stereocenters. The van der Waals surface area contributed by atoms with Crippen LogP contribution < -0.4 is 11.1 Å². The van der Waals surface area contributed by atoms with Gasteiger partial charge in [0.25, 0.3) is 5.91 Å². The number of hydrogen-bond acceptors (Lipinski definition) is 4. The van der Waals surface area contributed by atoms with Crippen LogP contribution in [-0.2, 0) is 0 Å². The first kappa shape index (κ1) is 12.9. The molecular weight excluding hydrogens is 242 g/mol. The fourth-order valence-corrected chi connectivity index (χ4v) is 1.44. The van der Waals surface area contributed by atoms with Crippen molar-refractivity contribution in [1.82, 2.24) is 4.98 Å². The van der Waals surface area contributed by atoms with E-state index < -0.39 is 0 Å². The van der Waals surface area contributed by atoms with Crippen LogP contribution in [0.4, 0.5) is 6.01 Å². The highest BCUT2D eigenvalue weighted by Gasteiger charge is 2.08. The molecule has 1 heterocycles. The van der Waals surface area contributed by atoms with Crippen LogP contribution in [0.25, 0.3) is 0 Å². The first-order valence-corrected chi connectivity index (χ1v) is 5.71. The third-order valence-electron chi connectivity index (χ3n) is 2.32. The van der Waals surface area contributed by atoms with Crippen LogP contribution in [0.1, 0.15) is 21.6 Å². The van der Waals surface area contributed by atoms with Gasteiger partial charge in [0.05, 0.1) is 12.2 Å². The normalized spacial score (nSPS) is 9.58. The summed E-state index contributed by atoms with van der Waals surface area (Å²) in [6.45, 7) is 2.09. The van der Waals surface area contributed by atoms with Crippen molar-refractivity contribution in [2.24, 2.45) is 5.73 Å². The number of anilines is 1. The van der Waals surface area contributed by atoms with Gasteiger partial charge in [-0.05, 0) is 31.2 Å². The van der Waals surface area contributed by atoms with Gasteiger partial charge in [-0.25, -0.2) is 0 Å². The minimum atomic E-state index is -0.278. The molecule has 3 N–H and O–H groups in total. The summed E-state index contributed by atoms with van der Waals surface area (Å²) in [4.78, 5) is 15.9. The number of nitrogens with two attached hydrogens (primary N) is 1. The Morgan fingerprint density at radius 2 is 2.16 bits per heavy atom. The molecule has 0 aliphatic carbocycles. The lowest BCUT2D eigenvalue weighted by Crippen LogP contribution is -2.11. The smallest absolute Gasteiger partial charge is 0.301 e. The average molecular weight is 255 g/mol. The van der Waals surface area contributed by atoms with Crippen molar-refractivity contribution in [3.8, 4) is 11.8 Å². The van der Waals surface area contributed by atoms with Crippen molar-refractivity contribution in [3.63, 3.8) is 0 Å². The maximum absolute atomic E-state index is 11.9. The number of nitrogens with one attached hydrogen (secondary N) is 1. The number of carbonyl (C=O) groups excluding carboxylic acids is 1. The maximum atomic E-state index is 11.9. The van der Waals surface area contributed by atoms with Gasteiger partial charge in [-0.2, -0.15) is 4.98 Å². The molecule has 0 saturated carbocycles. The zero-order chi connectivity index (χ0) is 13.7. The number of aryl methyl sites for hydroxylation is 1. The summed E-state index contributed by atoms with van der Waals surface area (Å²) in [6, 6.07) is 7.09. The summed E-state index contributed by atoms with van der Waals surface area (Å²) in [7, 11) is 0. The predicted octanol–water partition coefficient (Wildman–Crippen LogP) is 1.55. The number of hydrogen-bond donors (Lipinski definition) is 2. The van der Waals surface area contributed by atoms with Crippen LogP contribution in [0.3, 0.4) is 0 Å². The monoisotopic (exact) mass is 255 g/mol. The van der Waals surface area contributed by atoms with Gasteiger partial charge in [0.1, 0.15) is 6.26 Å². The molecule has 1 aromatic carbocycles. The van der Waals surface area contributed by atoms with Crippen LogP contribution in [0.5, 0.6) is 0 Å². The van der Waals surface area contributed by atoms with Gasteiger partial charge < -0.3 is 10.2 Å². The summed E-state index contributed by atoms with van der Waals surface area (Å²) < 4.78 is 5.05. The Kier molecular flexibility index (Phi) is 3.96. The molecule has 0 radical (unpaired) electrons. The van der Waals surface area contributed by atoms with E-state index in [0.29, 0.717) is 17.8 Å². The number of carbonyl (C=O) groups is 1. The molecule has 1 aromatic heterocycles. The largest absolute Gasteiger partial charge is 0.432 e. The van der Waals surface area contributed by atoms with E-state index in [4.69, 9.17) is 10.2 Å². The molecule has 0 atom stereocenters. The van der Waals surface area contributed by atoms with E-state index in [0.717, 1.165) is 5.56 Å². The van der Waals surface area contributed by atoms with Gasteiger partial charge in [0, 0.05) is 11.1 Å². The van der Waals surface area contributed by atoms with Crippen LogP contribution in [0, 0.1) is 18.8 Å². The lowest BCUT2D eigenvalue weighted by molar-refractivity contribution is 0.102. The first-order chi connectivity index (χ1) is 9.19. The number of amides is 1. The highest BCUT2D eigenvalue weighted by Crippen LogP contribution is 2.09. The molecule has 0 spiro atoms. The molecule has 0 aliphatic rings. The topological polar surface area (TPSA) is 81.2 Å². The summed E-state index contributed by atoms with van der Waals surface area (Å²) >= 11 is 0. The fraction of sp³-hybridized carbons (Fsp3) is 0.143. The number of benzene rings is 1. The maximum Gasteiger partial charge on any atom is 0.301 e. The lowest BCUT2D eigenvalue weighted by atomic mass is 10.1. The standard InChI is InChI=1S/C14H13N3O2/c1-10-9-19-14(16-10)17-13(18)12-6-4-11(5-7-12)3-2-8-15/h4-7,9H,8,15H2,1H3,(H,16,17,18). The molecule has 19 heavy (non-hydrogen) atoms. The number of aromatic nitrogens is 1. The van der Waals surface area contributed by atoms with Crippen molar-refractivity contribution in [2.75, 3.05) is 11.9 Å². The van der Waals surface area contributed by atoms with E-state index in [-0.39, 0.29) is 11.9 Å². The van der Waals surface area contributed by atoms with Gasteiger partial charge in [-0.15, -0.1) is 0 Å². The highest BCUT2D eigenvalue weighted by molar-refractivity contribution is 6.03. The summed E-state index contributed by atoms with van der Waals surface area (Å²) in [5.41, 5.74) is 7.32. The van der Waals surface area contributed by atoms with E-state index in [1.54, 1.807) is 31.2 Å². The second-order valence-corrected chi connectivity index (χ2v) is 3.83. The van der Waals surface area contributed by atoms with Crippen molar-refractivity contribution in [3.05, 3.63) is 47.3 Å². The summed E-state index contributed by atoms with van der Waals surface area (Å²) in [5, 5.41) is 2.57. The highest BCUT2D eigenvalue weighted by atomic mass is 16.4. The molecule has 0 saturated heterocycles. The molecule has 96 valence electrons.